The van der Waals surface area contributed by atoms with E-state index >= 15 is 0 Å². The van der Waals surface area contributed by atoms with Gasteiger partial charge in [-0.1, -0.05) is 6.04 Å². The lowest BCUT2D eigenvalue weighted by molar-refractivity contribution is -0.132. The quantitative estimate of drug-likeness (QED) is 0.628. The topological polar surface area (TPSA) is 95.0 Å². The Kier molecular flexibility index (Phi) is 1.84. The SMILES string of the molecule is [2H]c1cc(N)c2c(=O)n(C3([2H])C(=O)CC(=O)C([2H])([2H])C3[2H])c(C)nc2c1[2H]. The number of benzene rings is 1. The third-order valence-corrected chi connectivity index (χ3v) is 3.18. The molecule has 3 rings (SSSR count). The number of Topliss-reactive ketones (excluding diaryl/α,β-unsaturated/α-hetero) is 2. The van der Waals surface area contributed by atoms with E-state index in [2.05, 4.69) is 4.98 Å². The lowest BCUT2D eigenvalue weighted by Crippen LogP contribution is -2.36. The van der Waals surface area contributed by atoms with Crippen molar-refractivity contribution in [3.63, 3.8) is 0 Å². The first-order valence-electron chi connectivity index (χ1n) is 9.21. The molecule has 6 heteroatoms. The summed E-state index contributed by atoms with van der Waals surface area (Å²) >= 11 is 0. The van der Waals surface area contributed by atoms with Crippen molar-refractivity contribution < 1.29 is 17.8 Å². The predicted molar refractivity (Wildman–Crippen MR) is 78.1 cm³/mol. The molecule has 2 aromatic rings. The molecule has 108 valence electrons. The third kappa shape index (κ3) is 2.12. The van der Waals surface area contributed by atoms with Gasteiger partial charge >= 0.3 is 0 Å². The molecule has 1 saturated carbocycles. The van der Waals surface area contributed by atoms with Crippen molar-refractivity contribution in [1.29, 1.82) is 0 Å². The fourth-order valence-electron chi connectivity index (χ4n) is 2.22. The van der Waals surface area contributed by atoms with Gasteiger partial charge in [0.05, 0.1) is 27.5 Å². The molecule has 1 aliphatic carbocycles. The van der Waals surface area contributed by atoms with Crippen molar-refractivity contribution in [3.8, 4) is 0 Å². The number of ketones is 2. The number of aromatic nitrogens is 2. The van der Waals surface area contributed by atoms with E-state index in [1.807, 2.05) is 0 Å². The van der Waals surface area contributed by atoms with E-state index in [4.69, 9.17) is 14.0 Å². The Hall–Kier alpha value is -2.50. The molecule has 2 N–H and O–H groups in total. The Bertz CT molecular complexity index is 1080. The number of carbonyl (C=O) groups is 2. The molecule has 2 atom stereocenters. The van der Waals surface area contributed by atoms with Gasteiger partial charge in [0.15, 0.2) is 5.78 Å². The van der Waals surface area contributed by atoms with E-state index in [9.17, 15) is 14.4 Å². The molecule has 0 radical (unpaired) electrons. The van der Waals surface area contributed by atoms with Crippen LogP contribution in [0.5, 0.6) is 0 Å². The number of nitrogens with two attached hydrogens (primary N) is 1. The van der Waals surface area contributed by atoms with Crippen LogP contribution >= 0.6 is 0 Å². The maximum atomic E-state index is 13.1. The van der Waals surface area contributed by atoms with Gasteiger partial charge in [-0.05, 0) is 25.4 Å². The van der Waals surface area contributed by atoms with Crippen LogP contribution in [0.1, 0.15) is 39.3 Å². The van der Waals surface area contributed by atoms with Gasteiger partial charge in [-0.15, -0.1) is 0 Å². The molecule has 0 spiro atoms. The molecular weight excluding hydrogens is 270 g/mol. The number of hydrogen-bond donors (Lipinski definition) is 1. The maximum Gasteiger partial charge on any atom is 0.264 e. The normalized spacial score (nSPS) is 32.7. The lowest BCUT2D eigenvalue weighted by atomic mass is 9.92. The summed E-state index contributed by atoms with van der Waals surface area (Å²) in [5.74, 6) is -2.45. The molecular formula is C15H15N3O3. The summed E-state index contributed by atoms with van der Waals surface area (Å²) in [5.41, 5.74) is 4.40. The first-order valence-corrected chi connectivity index (χ1v) is 6.13. The van der Waals surface area contributed by atoms with Crippen LogP contribution in [0, 0.1) is 6.92 Å². The fourth-order valence-corrected chi connectivity index (χ4v) is 2.22. The second-order valence-corrected chi connectivity index (χ2v) is 4.59. The van der Waals surface area contributed by atoms with Gasteiger partial charge in [0, 0.05) is 16.2 Å². The summed E-state index contributed by atoms with van der Waals surface area (Å²) in [5, 5.41) is -0.300. The Morgan fingerprint density at radius 3 is 3.05 bits per heavy atom. The number of rotatable bonds is 1. The van der Waals surface area contributed by atoms with Crippen molar-refractivity contribution in [2.75, 3.05) is 5.73 Å². The highest BCUT2D eigenvalue weighted by Gasteiger charge is 2.30. The van der Waals surface area contributed by atoms with E-state index in [1.165, 1.54) is 6.92 Å². The van der Waals surface area contributed by atoms with Crippen LogP contribution in [0.3, 0.4) is 0 Å². The van der Waals surface area contributed by atoms with E-state index in [0.29, 0.717) is 4.57 Å². The Labute approximate surface area is 129 Å². The first kappa shape index (κ1) is 8.07. The highest BCUT2D eigenvalue weighted by molar-refractivity contribution is 6.03. The van der Waals surface area contributed by atoms with Crippen molar-refractivity contribution in [3.05, 3.63) is 34.3 Å². The van der Waals surface area contributed by atoms with E-state index < -0.39 is 42.3 Å². The van der Waals surface area contributed by atoms with Gasteiger partial charge in [0.1, 0.15) is 11.6 Å². The van der Waals surface area contributed by atoms with Crippen LogP contribution in [-0.4, -0.2) is 21.1 Å². The average Bonchev–Trinajstić information content (AvgIpc) is 2.56. The van der Waals surface area contributed by atoms with Crippen LogP contribution in [0.4, 0.5) is 5.69 Å². The molecule has 0 amide bonds. The summed E-state index contributed by atoms with van der Waals surface area (Å²) in [4.78, 5) is 41.4. The maximum absolute atomic E-state index is 13.1. The van der Waals surface area contributed by atoms with Gasteiger partial charge < -0.3 is 5.73 Å². The zero-order valence-corrected chi connectivity index (χ0v) is 11.1. The van der Waals surface area contributed by atoms with Gasteiger partial charge in [-0.25, -0.2) is 4.98 Å². The molecule has 0 aliphatic heterocycles. The van der Waals surface area contributed by atoms with E-state index in [1.54, 1.807) is 0 Å². The standard InChI is InChI=1S/C15H15N3O3/c1-8-17-11-4-2-3-10(16)14(11)15(21)18(8)12-6-5-9(19)7-13(12)20/h2-4,12H,5-7,16H2,1H3/i2D,4D,5D2,6D,12D. The Balaban J connectivity index is 2.43. The predicted octanol–water partition coefficient (Wildman–Crippen LogP) is 1.15. The average molecular weight is 291 g/mol. The van der Waals surface area contributed by atoms with Gasteiger partial charge in [-0.2, -0.15) is 0 Å². The molecule has 1 aliphatic rings. The zero-order valence-electron chi connectivity index (χ0n) is 17.1. The molecule has 2 unspecified atom stereocenters. The Morgan fingerprint density at radius 1 is 1.52 bits per heavy atom. The summed E-state index contributed by atoms with van der Waals surface area (Å²) in [6.45, 7) is 1.26. The largest absolute Gasteiger partial charge is 0.398 e. The number of anilines is 1. The van der Waals surface area contributed by atoms with Crippen molar-refractivity contribution in [2.45, 2.75) is 32.1 Å². The smallest absolute Gasteiger partial charge is 0.264 e. The van der Waals surface area contributed by atoms with Crippen molar-refractivity contribution >= 4 is 28.2 Å². The molecule has 1 aromatic carbocycles. The molecule has 21 heavy (non-hydrogen) atoms. The minimum absolute atomic E-state index is 0.189. The molecule has 1 heterocycles. The molecule has 1 aromatic heterocycles. The van der Waals surface area contributed by atoms with Crippen LogP contribution in [0.25, 0.3) is 10.9 Å². The molecule has 0 bridgehead atoms. The van der Waals surface area contributed by atoms with Crippen LogP contribution in [-0.2, 0) is 9.59 Å². The zero-order chi connectivity index (χ0) is 20.5. The third-order valence-electron chi connectivity index (χ3n) is 3.18. The van der Waals surface area contributed by atoms with Crippen molar-refractivity contribution in [1.82, 2.24) is 9.55 Å². The second kappa shape index (κ2) is 4.80. The summed E-state index contributed by atoms with van der Waals surface area (Å²) in [7, 11) is 0. The summed E-state index contributed by atoms with van der Waals surface area (Å²) in [6, 6.07) is -2.30. The Morgan fingerprint density at radius 2 is 2.29 bits per heavy atom. The van der Waals surface area contributed by atoms with Gasteiger partial charge in [-0.3, -0.25) is 19.0 Å². The van der Waals surface area contributed by atoms with Gasteiger partial charge in [0.2, 0.25) is 0 Å². The monoisotopic (exact) mass is 291 g/mol. The summed E-state index contributed by atoms with van der Waals surface area (Å²) in [6.07, 6.45) is -5.95. The number of nitrogen functional groups attached to an aromatic ring is 1. The van der Waals surface area contributed by atoms with E-state index in [0.717, 1.165) is 6.07 Å². The second-order valence-electron chi connectivity index (χ2n) is 4.59. The number of hydrogen-bond acceptors (Lipinski definition) is 5. The highest BCUT2D eigenvalue weighted by atomic mass is 16.2. The van der Waals surface area contributed by atoms with Crippen molar-refractivity contribution in [2.24, 2.45) is 0 Å². The van der Waals surface area contributed by atoms with Crippen LogP contribution in [0.2, 0.25) is 0 Å². The van der Waals surface area contributed by atoms with Gasteiger partial charge in [0.25, 0.3) is 5.56 Å². The van der Waals surface area contributed by atoms with Crippen LogP contribution in [0.15, 0.2) is 22.9 Å². The molecule has 1 fully saturated rings. The lowest BCUT2D eigenvalue weighted by Gasteiger charge is -2.24. The number of aryl methyl sites for hydroxylation is 1. The van der Waals surface area contributed by atoms with E-state index in [-0.39, 0.29) is 34.5 Å². The number of fused-ring (bicyclic) bond motifs is 1. The van der Waals surface area contributed by atoms with Crippen LogP contribution < -0.4 is 11.3 Å². The minimum Gasteiger partial charge on any atom is -0.398 e. The summed E-state index contributed by atoms with van der Waals surface area (Å²) < 4.78 is 48.3. The number of carbonyl (C=O) groups excluding carboxylic acids is 2. The first-order chi connectivity index (χ1) is 12.3. The molecule has 6 nitrogen and oxygen atoms in total. The number of nitrogens with zero attached hydrogens (tertiary/aromatic N) is 2. The minimum atomic E-state index is -2.81. The highest BCUT2D eigenvalue weighted by Crippen LogP contribution is 2.24. The fraction of sp³-hybridized carbons (Fsp3) is 0.333. The molecule has 0 saturated heterocycles.